The predicted molar refractivity (Wildman–Crippen MR) is 129 cm³/mol. The van der Waals surface area contributed by atoms with Crippen molar-refractivity contribution >= 4 is 35.1 Å². The van der Waals surface area contributed by atoms with Gasteiger partial charge in [-0.15, -0.1) is 0 Å². The average molecular weight is 455 g/mol. The maximum atomic E-state index is 6.65. The van der Waals surface area contributed by atoms with Gasteiger partial charge in [0.15, 0.2) is 24.0 Å². The van der Waals surface area contributed by atoms with E-state index in [0.29, 0.717) is 13.2 Å². The molecule has 0 aromatic rings. The summed E-state index contributed by atoms with van der Waals surface area (Å²) in [5.41, 5.74) is 0. The molecular formula is C20H47ClO3Si3. The van der Waals surface area contributed by atoms with E-state index in [4.69, 9.17) is 24.7 Å². The van der Waals surface area contributed by atoms with Crippen molar-refractivity contribution in [3.05, 3.63) is 0 Å². The summed E-state index contributed by atoms with van der Waals surface area (Å²) in [5.74, 6) is 0. The van der Waals surface area contributed by atoms with Crippen LogP contribution in [0.3, 0.4) is 0 Å². The Morgan fingerprint density at radius 3 is 1.67 bits per heavy atom. The molecule has 0 aromatic carbocycles. The second-order valence-corrected chi connectivity index (χ2v) is 28.0. The van der Waals surface area contributed by atoms with Crippen molar-refractivity contribution in [2.24, 2.45) is 0 Å². The Kier molecular flexibility index (Phi) is 10.5. The minimum Gasteiger partial charge on any atom is -0.414 e. The quantitative estimate of drug-likeness (QED) is 0.187. The van der Waals surface area contributed by atoms with Gasteiger partial charge >= 0.3 is 0 Å². The molecule has 0 heterocycles. The van der Waals surface area contributed by atoms with E-state index in [0.717, 1.165) is 19.1 Å². The van der Waals surface area contributed by atoms with Gasteiger partial charge in [0.2, 0.25) is 0 Å². The molecule has 0 aliphatic rings. The number of rotatable bonds is 11. The van der Waals surface area contributed by atoms with Crippen molar-refractivity contribution in [3.8, 4) is 0 Å². The third kappa shape index (κ3) is 11.0. The fourth-order valence-corrected chi connectivity index (χ4v) is 5.78. The van der Waals surface area contributed by atoms with Gasteiger partial charge in [0, 0.05) is 6.61 Å². The summed E-state index contributed by atoms with van der Waals surface area (Å²) in [6.07, 6.45) is 1.03. The zero-order valence-electron chi connectivity index (χ0n) is 20.2. The number of hydrogen-bond donors (Lipinski definition) is 0. The Bertz CT molecular complexity index is 435. The van der Waals surface area contributed by atoms with Gasteiger partial charge in [-0.3, -0.25) is 0 Å². The number of halogens is 1. The molecule has 0 aliphatic heterocycles. The molecule has 164 valence electrons. The lowest BCUT2D eigenvalue weighted by Gasteiger charge is -2.41. The molecule has 0 amide bonds. The maximum Gasteiger partial charge on any atom is 0.192 e. The monoisotopic (exact) mass is 454 g/mol. The minimum absolute atomic E-state index is 0.00118. The van der Waals surface area contributed by atoms with Crippen LogP contribution < -0.4 is 0 Å². The minimum atomic E-state index is -1.87. The highest BCUT2D eigenvalue weighted by Crippen LogP contribution is 2.39. The lowest BCUT2D eigenvalue weighted by atomic mass is 10.2. The highest BCUT2D eigenvalue weighted by Gasteiger charge is 2.41. The van der Waals surface area contributed by atoms with Gasteiger partial charge in [-0.2, -0.15) is 11.1 Å². The summed E-state index contributed by atoms with van der Waals surface area (Å²) in [5, 5.41) is 0.377. The first kappa shape index (κ1) is 27.8. The molecule has 0 radical (unpaired) electrons. The third-order valence-electron chi connectivity index (χ3n) is 6.07. The largest absolute Gasteiger partial charge is 0.414 e. The summed E-state index contributed by atoms with van der Waals surface area (Å²) < 4.78 is 19.1. The van der Waals surface area contributed by atoms with Gasteiger partial charge in [0.25, 0.3) is 0 Å². The van der Waals surface area contributed by atoms with Gasteiger partial charge in [-0.05, 0) is 48.7 Å². The van der Waals surface area contributed by atoms with Crippen LogP contribution in [-0.4, -0.2) is 49.9 Å². The molecule has 0 spiro atoms. The van der Waals surface area contributed by atoms with Gasteiger partial charge in [-0.1, -0.05) is 54.6 Å². The van der Waals surface area contributed by atoms with Gasteiger partial charge < -0.3 is 13.6 Å². The molecule has 0 fully saturated rings. The Balaban J connectivity index is 4.87. The summed E-state index contributed by atoms with van der Waals surface area (Å²) in [7, 11) is -5.18. The molecule has 0 aliphatic carbocycles. The van der Waals surface area contributed by atoms with Crippen molar-refractivity contribution < 1.29 is 13.6 Å². The van der Waals surface area contributed by atoms with Crippen molar-refractivity contribution in [2.45, 2.75) is 109 Å². The Morgan fingerprint density at radius 1 is 0.778 bits per heavy atom. The van der Waals surface area contributed by atoms with Crippen LogP contribution in [0.15, 0.2) is 0 Å². The normalized spacial score (nSPS) is 15.9. The molecule has 0 saturated heterocycles. The fourth-order valence-electron chi connectivity index (χ4n) is 2.04. The second-order valence-electron chi connectivity index (χ2n) is 11.5. The van der Waals surface area contributed by atoms with Crippen LogP contribution in [0.5, 0.6) is 0 Å². The van der Waals surface area contributed by atoms with Crippen molar-refractivity contribution in [2.75, 3.05) is 19.8 Å². The van der Waals surface area contributed by atoms with Crippen LogP contribution in [0.25, 0.3) is 0 Å². The van der Waals surface area contributed by atoms with Crippen molar-refractivity contribution in [3.63, 3.8) is 0 Å². The molecule has 27 heavy (non-hydrogen) atoms. The predicted octanol–water partition coefficient (Wildman–Crippen LogP) is 7.25. The fraction of sp³-hybridized carbons (Fsp3) is 1.00. The molecule has 0 N–H and O–H groups in total. The highest BCUT2D eigenvalue weighted by atomic mass is 35.6. The highest BCUT2D eigenvalue weighted by molar-refractivity contribution is 7.19. The first-order valence-corrected chi connectivity index (χ1v) is 20.4. The van der Waals surface area contributed by atoms with E-state index >= 15 is 0 Å². The topological polar surface area (TPSA) is 27.7 Å². The Morgan fingerprint density at radius 2 is 1.26 bits per heavy atom. The zero-order valence-corrected chi connectivity index (χ0v) is 24.0. The van der Waals surface area contributed by atoms with E-state index < -0.39 is 24.0 Å². The Hall–Kier alpha value is 0.821. The van der Waals surface area contributed by atoms with Crippen LogP contribution in [-0.2, 0) is 13.6 Å². The van der Waals surface area contributed by atoms with Gasteiger partial charge in [0.05, 0.1) is 19.3 Å². The first-order chi connectivity index (χ1) is 11.8. The van der Waals surface area contributed by atoms with Crippen LogP contribution in [0.1, 0.15) is 48.0 Å². The van der Waals surface area contributed by atoms with Crippen LogP contribution in [0.2, 0.25) is 55.4 Å². The van der Waals surface area contributed by atoms with E-state index in [9.17, 15) is 0 Å². The van der Waals surface area contributed by atoms with E-state index in [2.05, 4.69) is 80.8 Å². The first-order valence-electron chi connectivity index (χ1n) is 10.4. The Labute approximate surface area is 177 Å². The summed E-state index contributed by atoms with van der Waals surface area (Å²) >= 11 is 6.40. The number of hydrogen-bond acceptors (Lipinski definition) is 3. The standard InChI is InChI=1S/C20H47ClO3Si3/c1-19(2,3)26(9,10)23-17-18(24-27(11,12)20(4,5)6)16-22-14-13-15-25(7,8)21/h18H,13-17H2,1-12H3. The summed E-state index contributed by atoms with van der Waals surface area (Å²) in [6, 6.07) is 1.09. The lowest BCUT2D eigenvalue weighted by molar-refractivity contribution is 0.0160. The van der Waals surface area contributed by atoms with Crippen molar-refractivity contribution in [1.29, 1.82) is 0 Å². The summed E-state index contributed by atoms with van der Waals surface area (Å²) in [6.45, 7) is 29.2. The molecular weight excluding hydrogens is 408 g/mol. The smallest absolute Gasteiger partial charge is 0.192 e. The van der Waals surface area contributed by atoms with E-state index in [-0.39, 0.29) is 16.2 Å². The van der Waals surface area contributed by atoms with Crippen LogP contribution in [0.4, 0.5) is 0 Å². The van der Waals surface area contributed by atoms with Gasteiger partial charge in [-0.25, -0.2) is 0 Å². The molecule has 1 unspecified atom stereocenters. The molecule has 1 atom stereocenters. The third-order valence-corrected chi connectivity index (χ3v) is 17.2. The van der Waals surface area contributed by atoms with Crippen molar-refractivity contribution in [1.82, 2.24) is 0 Å². The molecule has 0 aromatic heterocycles. The molecule has 0 saturated carbocycles. The number of ether oxygens (including phenoxy) is 1. The molecule has 3 nitrogen and oxygen atoms in total. The van der Waals surface area contributed by atoms with E-state index in [1.807, 2.05) is 0 Å². The molecule has 0 rings (SSSR count). The van der Waals surface area contributed by atoms with E-state index in [1.165, 1.54) is 0 Å². The lowest BCUT2D eigenvalue weighted by Crippen LogP contribution is -2.49. The molecule has 0 bridgehead atoms. The zero-order chi connectivity index (χ0) is 21.7. The maximum absolute atomic E-state index is 6.65. The van der Waals surface area contributed by atoms with Gasteiger partial charge in [0.1, 0.15) is 0 Å². The average Bonchev–Trinajstić information content (AvgIpc) is 2.40. The SMILES string of the molecule is CC(C)(C)[Si](C)(C)OCC(COCCC[Si](C)(C)Cl)O[Si](C)(C)C(C)(C)C. The summed E-state index contributed by atoms with van der Waals surface area (Å²) in [4.78, 5) is 0. The molecule has 7 heteroatoms. The van der Waals surface area contributed by atoms with E-state index in [1.54, 1.807) is 0 Å². The van der Waals surface area contributed by atoms with Crippen LogP contribution in [0, 0.1) is 0 Å². The van der Waals surface area contributed by atoms with Crippen LogP contribution >= 0.6 is 11.1 Å². The second kappa shape index (κ2) is 10.2.